The normalized spacial score (nSPS) is 11.7. The number of nitrogens with two attached hydrogens (primary N) is 1. The van der Waals surface area contributed by atoms with Crippen LogP contribution < -0.4 is 11.1 Å². The molecular weight excluding hydrogens is 240 g/mol. The molecule has 0 radical (unpaired) electrons. The number of thioether (sulfide) groups is 1. The van der Waals surface area contributed by atoms with Crippen molar-refractivity contribution in [3.05, 3.63) is 10.7 Å². The van der Waals surface area contributed by atoms with E-state index < -0.39 is 5.97 Å². The second-order valence-corrected chi connectivity index (χ2v) is 4.16. The van der Waals surface area contributed by atoms with Crippen molar-refractivity contribution in [2.24, 2.45) is 5.73 Å². The van der Waals surface area contributed by atoms with Gasteiger partial charge in [-0.2, -0.15) is 0 Å². The van der Waals surface area contributed by atoms with Crippen LogP contribution >= 0.6 is 11.8 Å². The Morgan fingerprint density at radius 2 is 2.00 bits per heavy atom. The van der Waals surface area contributed by atoms with Crippen molar-refractivity contribution < 1.29 is 14.3 Å². The zero-order chi connectivity index (χ0) is 13.3. The highest BCUT2D eigenvalue weighted by atomic mass is 32.2. The van der Waals surface area contributed by atoms with E-state index in [9.17, 15) is 9.59 Å². The van der Waals surface area contributed by atoms with Crippen LogP contribution in [-0.4, -0.2) is 24.7 Å². The van der Waals surface area contributed by atoms with E-state index in [0.29, 0.717) is 6.42 Å². The van der Waals surface area contributed by atoms with E-state index in [1.165, 1.54) is 11.8 Å². The number of carbonyl (C=O) groups is 2. The van der Waals surface area contributed by atoms with Crippen LogP contribution in [0.15, 0.2) is 10.7 Å². The molecule has 0 aliphatic rings. The summed E-state index contributed by atoms with van der Waals surface area (Å²) in [5.74, 6) is -0.809. The molecule has 1 amide bonds. The summed E-state index contributed by atoms with van der Waals surface area (Å²) in [4.78, 5) is 23.1. The van der Waals surface area contributed by atoms with Crippen LogP contribution in [0, 0.1) is 0 Å². The van der Waals surface area contributed by atoms with Gasteiger partial charge in [0.2, 0.25) is 5.91 Å². The van der Waals surface area contributed by atoms with Crippen molar-refractivity contribution in [3.63, 3.8) is 0 Å². The molecule has 3 N–H and O–H groups in total. The van der Waals surface area contributed by atoms with Crippen molar-refractivity contribution >= 4 is 23.6 Å². The molecule has 0 aromatic rings. The molecular formula is C11H20N2O3S. The number of hydrogen-bond donors (Lipinski definition) is 2. The molecule has 0 aromatic carbocycles. The van der Waals surface area contributed by atoms with E-state index in [-0.39, 0.29) is 23.2 Å². The zero-order valence-electron chi connectivity index (χ0n) is 10.5. The summed E-state index contributed by atoms with van der Waals surface area (Å²) in [6, 6.07) is 0. The van der Waals surface area contributed by atoms with Crippen LogP contribution in [0.3, 0.4) is 0 Å². The maximum atomic E-state index is 11.6. The molecule has 17 heavy (non-hydrogen) atoms. The van der Waals surface area contributed by atoms with Crippen LogP contribution in [0.1, 0.15) is 33.1 Å². The topological polar surface area (TPSA) is 81.4 Å². The zero-order valence-corrected chi connectivity index (χ0v) is 11.4. The fraction of sp³-hybridized carbons (Fsp3) is 0.636. The third kappa shape index (κ3) is 6.21. The minimum atomic E-state index is -0.593. The Kier molecular flexibility index (Phi) is 8.31. The maximum absolute atomic E-state index is 11.6. The lowest BCUT2D eigenvalue weighted by Gasteiger charge is -2.11. The predicted molar refractivity (Wildman–Crippen MR) is 69.0 cm³/mol. The third-order valence-electron chi connectivity index (χ3n) is 1.97. The summed E-state index contributed by atoms with van der Waals surface area (Å²) in [6.45, 7) is 3.93. The van der Waals surface area contributed by atoms with Gasteiger partial charge >= 0.3 is 5.97 Å². The first-order chi connectivity index (χ1) is 8.06. The fourth-order valence-electron chi connectivity index (χ4n) is 1.06. The lowest BCUT2D eigenvalue weighted by Crippen LogP contribution is -2.30. The minimum Gasteiger partial charge on any atom is -0.461 e. The summed E-state index contributed by atoms with van der Waals surface area (Å²) in [7, 11) is 0. The van der Waals surface area contributed by atoms with Crippen LogP contribution in [0.25, 0.3) is 0 Å². The van der Waals surface area contributed by atoms with E-state index in [1.807, 2.05) is 6.92 Å². The Morgan fingerprint density at radius 3 is 2.47 bits per heavy atom. The Morgan fingerprint density at radius 1 is 1.35 bits per heavy atom. The second-order valence-electron chi connectivity index (χ2n) is 3.32. The maximum Gasteiger partial charge on any atom is 0.357 e. The molecule has 0 saturated heterocycles. The predicted octanol–water partition coefficient (Wildman–Crippen LogP) is 1.35. The van der Waals surface area contributed by atoms with Gasteiger partial charge in [-0.25, -0.2) is 4.79 Å². The van der Waals surface area contributed by atoms with Crippen LogP contribution in [0.5, 0.6) is 0 Å². The summed E-state index contributed by atoms with van der Waals surface area (Å²) >= 11 is 1.19. The van der Waals surface area contributed by atoms with E-state index in [0.717, 1.165) is 12.8 Å². The first-order valence-electron chi connectivity index (χ1n) is 5.57. The Bertz CT molecular complexity index is 303. The molecule has 0 heterocycles. The number of rotatable bonds is 7. The molecule has 0 fully saturated rings. The monoisotopic (exact) mass is 260 g/mol. The van der Waals surface area contributed by atoms with Crippen molar-refractivity contribution in [1.82, 2.24) is 5.32 Å². The quantitative estimate of drug-likeness (QED) is 0.533. The Hall–Kier alpha value is -1.17. The van der Waals surface area contributed by atoms with Crippen molar-refractivity contribution in [1.29, 1.82) is 0 Å². The van der Waals surface area contributed by atoms with E-state index in [1.54, 1.807) is 13.2 Å². The molecule has 0 aromatic heterocycles. The van der Waals surface area contributed by atoms with E-state index in [2.05, 4.69) is 5.32 Å². The van der Waals surface area contributed by atoms with Crippen LogP contribution in [0.2, 0.25) is 0 Å². The standard InChI is InChI=1S/C11H20N2O3S/c1-4-6-7-8(14)13-9(10(12)17-3)11(15)16-5-2/h4-7,12H2,1-3H3,(H,13,14). The fourth-order valence-corrected chi connectivity index (χ4v) is 1.40. The molecule has 6 heteroatoms. The average molecular weight is 260 g/mol. The smallest absolute Gasteiger partial charge is 0.357 e. The van der Waals surface area contributed by atoms with Gasteiger partial charge in [-0.05, 0) is 19.6 Å². The summed E-state index contributed by atoms with van der Waals surface area (Å²) in [6.07, 6.45) is 3.80. The molecule has 0 saturated carbocycles. The Labute approximate surface area is 106 Å². The lowest BCUT2D eigenvalue weighted by molar-refractivity contribution is -0.140. The molecule has 0 atom stereocenters. The highest BCUT2D eigenvalue weighted by Crippen LogP contribution is 2.10. The van der Waals surface area contributed by atoms with Gasteiger partial charge in [0.25, 0.3) is 0 Å². The second kappa shape index (κ2) is 8.92. The third-order valence-corrected chi connectivity index (χ3v) is 2.61. The molecule has 0 bridgehead atoms. The molecule has 0 spiro atoms. The van der Waals surface area contributed by atoms with Gasteiger partial charge in [0.15, 0.2) is 5.70 Å². The number of hydrogen-bond acceptors (Lipinski definition) is 5. The molecule has 98 valence electrons. The van der Waals surface area contributed by atoms with Crippen molar-refractivity contribution in [3.8, 4) is 0 Å². The number of carbonyl (C=O) groups excluding carboxylic acids is 2. The SMILES string of the molecule is CCCCC(=O)NC(C(=O)OCC)=C(N)SC. The first-order valence-corrected chi connectivity index (χ1v) is 6.79. The molecule has 5 nitrogen and oxygen atoms in total. The summed E-state index contributed by atoms with van der Waals surface area (Å²) in [5, 5.41) is 2.77. The summed E-state index contributed by atoms with van der Waals surface area (Å²) in [5.41, 5.74) is 5.69. The minimum absolute atomic E-state index is 0.0421. The molecule has 0 unspecified atom stereocenters. The van der Waals surface area contributed by atoms with Crippen molar-refractivity contribution in [2.45, 2.75) is 33.1 Å². The highest BCUT2D eigenvalue weighted by Gasteiger charge is 2.17. The number of amides is 1. The number of esters is 1. The number of nitrogens with one attached hydrogen (secondary N) is 1. The molecule has 0 aliphatic heterocycles. The highest BCUT2D eigenvalue weighted by molar-refractivity contribution is 8.02. The molecule has 0 rings (SSSR count). The van der Waals surface area contributed by atoms with E-state index >= 15 is 0 Å². The molecule has 0 aliphatic carbocycles. The van der Waals surface area contributed by atoms with E-state index in [4.69, 9.17) is 10.5 Å². The van der Waals surface area contributed by atoms with Gasteiger partial charge in [-0.3, -0.25) is 4.79 Å². The summed E-state index contributed by atoms with van der Waals surface area (Å²) < 4.78 is 4.83. The van der Waals surface area contributed by atoms with Gasteiger partial charge in [0.1, 0.15) is 0 Å². The van der Waals surface area contributed by atoms with Gasteiger partial charge < -0.3 is 15.8 Å². The lowest BCUT2D eigenvalue weighted by atomic mass is 10.2. The first kappa shape index (κ1) is 15.8. The van der Waals surface area contributed by atoms with Crippen molar-refractivity contribution in [2.75, 3.05) is 12.9 Å². The van der Waals surface area contributed by atoms with Crippen LogP contribution in [0.4, 0.5) is 0 Å². The van der Waals surface area contributed by atoms with Gasteiger partial charge in [-0.15, -0.1) is 11.8 Å². The Balaban J connectivity index is 4.62. The van der Waals surface area contributed by atoms with Gasteiger partial charge in [-0.1, -0.05) is 13.3 Å². The van der Waals surface area contributed by atoms with Gasteiger partial charge in [0, 0.05) is 6.42 Å². The largest absolute Gasteiger partial charge is 0.461 e. The van der Waals surface area contributed by atoms with Gasteiger partial charge in [0.05, 0.1) is 11.6 Å². The number of unbranched alkanes of at least 4 members (excludes halogenated alkanes) is 1. The number of ether oxygens (including phenoxy) is 1. The van der Waals surface area contributed by atoms with Crippen LogP contribution in [-0.2, 0) is 14.3 Å². The average Bonchev–Trinajstić information content (AvgIpc) is 2.32.